The van der Waals surface area contributed by atoms with E-state index in [1.165, 1.54) is 29.2 Å². The SMILES string of the molecule is O=C1[C@H]2[C@@H](C(=O)N1c1ccc(F)cc1)N1CCCN1[C@H]2c1ccc(Cl)cc1. The zero-order valence-electron chi connectivity index (χ0n) is 14.4. The lowest BCUT2D eigenvalue weighted by molar-refractivity contribution is -0.126. The largest absolute Gasteiger partial charge is 0.274 e. The maximum absolute atomic E-state index is 13.3. The molecule has 0 N–H and O–H groups in total. The lowest BCUT2D eigenvalue weighted by Gasteiger charge is -2.29. The number of hydrogen-bond donors (Lipinski definition) is 0. The predicted molar refractivity (Wildman–Crippen MR) is 98.4 cm³/mol. The molecule has 0 unspecified atom stereocenters. The maximum atomic E-state index is 13.3. The van der Waals surface area contributed by atoms with Crippen molar-refractivity contribution < 1.29 is 14.0 Å². The number of rotatable bonds is 2. The number of benzene rings is 2. The first-order valence-electron chi connectivity index (χ1n) is 8.98. The summed E-state index contributed by atoms with van der Waals surface area (Å²) in [6.07, 6.45) is 0.950. The second kappa shape index (κ2) is 6.12. The summed E-state index contributed by atoms with van der Waals surface area (Å²) in [5, 5.41) is 4.82. The topological polar surface area (TPSA) is 43.9 Å². The van der Waals surface area contributed by atoms with Crippen LogP contribution < -0.4 is 4.90 Å². The fourth-order valence-corrected chi connectivity index (χ4v) is 4.74. The van der Waals surface area contributed by atoms with Crippen LogP contribution >= 0.6 is 11.6 Å². The van der Waals surface area contributed by atoms with Gasteiger partial charge in [0.15, 0.2) is 0 Å². The number of amides is 2. The fraction of sp³-hybridized carbons (Fsp3) is 0.300. The molecule has 3 aliphatic heterocycles. The Morgan fingerprint density at radius 2 is 1.48 bits per heavy atom. The minimum absolute atomic E-state index is 0.198. The molecule has 3 fully saturated rings. The van der Waals surface area contributed by atoms with Crippen LogP contribution in [0.25, 0.3) is 0 Å². The van der Waals surface area contributed by atoms with Crippen molar-refractivity contribution in [1.82, 2.24) is 10.0 Å². The number of imide groups is 1. The molecule has 7 heteroatoms. The van der Waals surface area contributed by atoms with Crippen LogP contribution in [0.4, 0.5) is 10.1 Å². The number of carbonyl (C=O) groups is 2. The molecule has 0 aliphatic carbocycles. The van der Waals surface area contributed by atoms with E-state index in [-0.39, 0.29) is 17.9 Å². The Kier molecular flexibility index (Phi) is 3.82. The van der Waals surface area contributed by atoms with Crippen molar-refractivity contribution in [2.24, 2.45) is 5.92 Å². The summed E-state index contributed by atoms with van der Waals surface area (Å²) < 4.78 is 13.3. The highest BCUT2D eigenvalue weighted by molar-refractivity contribution is 6.30. The Morgan fingerprint density at radius 3 is 2.15 bits per heavy atom. The van der Waals surface area contributed by atoms with E-state index >= 15 is 0 Å². The van der Waals surface area contributed by atoms with Crippen LogP contribution in [0.2, 0.25) is 5.02 Å². The highest BCUT2D eigenvalue weighted by atomic mass is 35.5. The van der Waals surface area contributed by atoms with E-state index in [0.717, 1.165) is 25.1 Å². The normalized spacial score (nSPS) is 28.1. The standard InChI is InChI=1S/C20H17ClFN3O2/c21-13-4-2-12(3-5-13)17-16-18(24-11-1-10-23(17)24)20(27)25(19(16)26)15-8-6-14(22)7-9-15/h2-9,16-18H,1,10-11H2/t16-,17+,18+/m1/s1. The van der Waals surface area contributed by atoms with Crippen LogP contribution in [0.3, 0.4) is 0 Å². The average Bonchev–Trinajstić information content (AvgIpc) is 3.30. The van der Waals surface area contributed by atoms with Gasteiger partial charge in [-0.15, -0.1) is 0 Å². The van der Waals surface area contributed by atoms with Crippen LogP contribution in [-0.2, 0) is 9.59 Å². The Labute approximate surface area is 160 Å². The Bertz CT molecular complexity index is 918. The Hall–Kier alpha value is -2.28. The molecule has 0 aromatic heterocycles. The number of anilines is 1. The van der Waals surface area contributed by atoms with Crippen LogP contribution in [0.15, 0.2) is 48.5 Å². The first kappa shape index (κ1) is 16.9. The molecule has 27 heavy (non-hydrogen) atoms. The van der Waals surface area contributed by atoms with Crippen molar-refractivity contribution in [3.8, 4) is 0 Å². The van der Waals surface area contributed by atoms with Crippen LogP contribution in [0.5, 0.6) is 0 Å². The fourth-order valence-electron chi connectivity index (χ4n) is 4.62. The summed E-state index contributed by atoms with van der Waals surface area (Å²) in [5.41, 5.74) is 1.39. The molecule has 3 heterocycles. The minimum Gasteiger partial charge on any atom is -0.274 e. The molecule has 138 valence electrons. The van der Waals surface area contributed by atoms with Crippen molar-refractivity contribution in [3.05, 3.63) is 64.9 Å². The molecule has 2 aromatic rings. The van der Waals surface area contributed by atoms with Gasteiger partial charge in [0.05, 0.1) is 17.6 Å². The van der Waals surface area contributed by atoms with Gasteiger partial charge in [0.25, 0.3) is 5.91 Å². The molecule has 0 spiro atoms. The third-order valence-electron chi connectivity index (χ3n) is 5.70. The number of hydrazine groups is 1. The van der Waals surface area contributed by atoms with Crippen molar-refractivity contribution in [2.45, 2.75) is 18.5 Å². The van der Waals surface area contributed by atoms with Crippen molar-refractivity contribution >= 4 is 29.1 Å². The second-order valence-corrected chi connectivity index (χ2v) is 7.57. The van der Waals surface area contributed by atoms with E-state index in [1.807, 2.05) is 29.3 Å². The second-order valence-electron chi connectivity index (χ2n) is 7.14. The molecule has 3 saturated heterocycles. The quantitative estimate of drug-likeness (QED) is 0.745. The minimum atomic E-state index is -0.509. The van der Waals surface area contributed by atoms with Crippen LogP contribution in [0, 0.1) is 11.7 Å². The van der Waals surface area contributed by atoms with E-state index in [1.54, 1.807) is 0 Å². The maximum Gasteiger partial charge on any atom is 0.253 e. The van der Waals surface area contributed by atoms with Crippen molar-refractivity contribution in [3.63, 3.8) is 0 Å². The molecule has 2 aromatic carbocycles. The van der Waals surface area contributed by atoms with Crippen LogP contribution in [-0.4, -0.2) is 41.0 Å². The Morgan fingerprint density at radius 1 is 0.852 bits per heavy atom. The molecule has 5 rings (SSSR count). The first-order valence-corrected chi connectivity index (χ1v) is 9.36. The van der Waals surface area contributed by atoms with Gasteiger partial charge in [-0.3, -0.25) is 9.59 Å². The molecule has 3 aliphatic rings. The molecule has 3 atom stereocenters. The van der Waals surface area contributed by atoms with E-state index in [2.05, 4.69) is 5.01 Å². The molecule has 5 nitrogen and oxygen atoms in total. The van der Waals surface area contributed by atoms with E-state index < -0.39 is 17.8 Å². The van der Waals surface area contributed by atoms with Gasteiger partial charge in [0.2, 0.25) is 5.91 Å². The van der Waals surface area contributed by atoms with Crippen molar-refractivity contribution in [1.29, 1.82) is 0 Å². The number of hydrogen-bond acceptors (Lipinski definition) is 4. The zero-order valence-corrected chi connectivity index (χ0v) is 15.1. The predicted octanol–water partition coefficient (Wildman–Crippen LogP) is 3.01. The van der Waals surface area contributed by atoms with E-state index in [0.29, 0.717) is 10.7 Å². The Balaban J connectivity index is 1.57. The van der Waals surface area contributed by atoms with Gasteiger partial charge in [0.1, 0.15) is 11.9 Å². The third-order valence-corrected chi connectivity index (χ3v) is 5.95. The highest BCUT2D eigenvalue weighted by Crippen LogP contribution is 2.48. The van der Waals surface area contributed by atoms with E-state index in [9.17, 15) is 14.0 Å². The van der Waals surface area contributed by atoms with Crippen LogP contribution in [0.1, 0.15) is 18.0 Å². The smallest absolute Gasteiger partial charge is 0.253 e. The average molecular weight is 386 g/mol. The number of fused-ring (bicyclic) bond motifs is 3. The van der Waals surface area contributed by atoms with E-state index in [4.69, 9.17) is 11.6 Å². The van der Waals surface area contributed by atoms with Gasteiger partial charge >= 0.3 is 0 Å². The van der Waals surface area contributed by atoms with Gasteiger partial charge in [-0.1, -0.05) is 23.7 Å². The van der Waals surface area contributed by atoms with Crippen molar-refractivity contribution in [2.75, 3.05) is 18.0 Å². The molecule has 2 amide bonds. The molecule has 0 saturated carbocycles. The van der Waals surface area contributed by atoms with Gasteiger partial charge in [-0.05, 0) is 48.4 Å². The first-order chi connectivity index (χ1) is 13.1. The highest BCUT2D eigenvalue weighted by Gasteiger charge is 2.62. The number of nitrogens with zero attached hydrogens (tertiary/aromatic N) is 3. The summed E-state index contributed by atoms with van der Waals surface area (Å²) in [4.78, 5) is 27.7. The third kappa shape index (κ3) is 2.44. The lowest BCUT2D eigenvalue weighted by Crippen LogP contribution is -2.44. The van der Waals surface area contributed by atoms with Gasteiger partial charge in [0, 0.05) is 18.1 Å². The zero-order chi connectivity index (χ0) is 18.7. The summed E-state index contributed by atoms with van der Waals surface area (Å²) in [5.74, 6) is -1.35. The summed E-state index contributed by atoms with van der Waals surface area (Å²) in [6.45, 7) is 1.57. The summed E-state index contributed by atoms with van der Waals surface area (Å²) in [7, 11) is 0. The van der Waals surface area contributed by atoms with Gasteiger partial charge in [-0.2, -0.15) is 0 Å². The summed E-state index contributed by atoms with van der Waals surface area (Å²) in [6, 6.07) is 12.2. The molecular weight excluding hydrogens is 369 g/mol. The number of halogens is 2. The summed E-state index contributed by atoms with van der Waals surface area (Å²) >= 11 is 6.02. The molecular formula is C20H17ClFN3O2. The monoisotopic (exact) mass is 385 g/mol. The molecule has 0 bridgehead atoms. The molecule has 0 radical (unpaired) electrons. The number of carbonyl (C=O) groups excluding carboxylic acids is 2. The lowest BCUT2D eigenvalue weighted by atomic mass is 9.90. The van der Waals surface area contributed by atoms with Gasteiger partial charge < -0.3 is 0 Å². The van der Waals surface area contributed by atoms with Gasteiger partial charge in [-0.25, -0.2) is 19.3 Å².